The van der Waals surface area contributed by atoms with Gasteiger partial charge in [0.2, 0.25) is 0 Å². The molecule has 0 aliphatic heterocycles. The molecule has 0 spiro atoms. The molecule has 1 amide bonds. The summed E-state index contributed by atoms with van der Waals surface area (Å²) in [5.74, 6) is -0.148. The number of hydrogen-bond donors (Lipinski definition) is 2. The molecule has 0 unspecified atom stereocenters. The fourth-order valence-electron chi connectivity index (χ4n) is 1.97. The van der Waals surface area contributed by atoms with E-state index in [1.165, 1.54) is 0 Å². The molecule has 3 nitrogen and oxygen atoms in total. The van der Waals surface area contributed by atoms with E-state index in [4.69, 9.17) is 0 Å². The zero-order chi connectivity index (χ0) is 14.4. The second-order valence-corrected chi connectivity index (χ2v) is 5.68. The van der Waals surface area contributed by atoms with Crippen molar-refractivity contribution < 1.29 is 9.90 Å². The van der Waals surface area contributed by atoms with Gasteiger partial charge in [0.15, 0.2) is 0 Å². The van der Waals surface area contributed by atoms with Gasteiger partial charge in [0.1, 0.15) is 0 Å². The molecule has 2 rings (SSSR count). The number of carbonyl (C=O) groups is 1. The van der Waals surface area contributed by atoms with Gasteiger partial charge in [-0.25, -0.2) is 0 Å². The third-order valence-corrected chi connectivity index (χ3v) is 3.94. The quantitative estimate of drug-likeness (QED) is 0.783. The molecule has 2 aromatic carbocycles. The number of nitrogens with one attached hydrogen (secondary N) is 1. The SMILES string of the molecule is O=C(N[C@H](CO)Cc1ccccc1)c1ccccc1I. The third-order valence-electron chi connectivity index (χ3n) is 3.00. The Kier molecular flexibility index (Phi) is 5.55. The molecule has 0 saturated heterocycles. The predicted molar refractivity (Wildman–Crippen MR) is 87.6 cm³/mol. The lowest BCUT2D eigenvalue weighted by molar-refractivity contribution is 0.0915. The van der Waals surface area contributed by atoms with Crippen LogP contribution in [0.25, 0.3) is 0 Å². The first-order valence-electron chi connectivity index (χ1n) is 6.41. The van der Waals surface area contributed by atoms with Gasteiger partial charge in [-0.1, -0.05) is 42.5 Å². The zero-order valence-corrected chi connectivity index (χ0v) is 13.1. The van der Waals surface area contributed by atoms with Gasteiger partial charge < -0.3 is 10.4 Å². The van der Waals surface area contributed by atoms with E-state index in [-0.39, 0.29) is 18.6 Å². The Morgan fingerprint density at radius 2 is 1.75 bits per heavy atom. The highest BCUT2D eigenvalue weighted by atomic mass is 127. The van der Waals surface area contributed by atoms with E-state index in [0.717, 1.165) is 9.13 Å². The van der Waals surface area contributed by atoms with Crippen molar-refractivity contribution in [2.24, 2.45) is 0 Å². The van der Waals surface area contributed by atoms with Gasteiger partial charge in [-0.15, -0.1) is 0 Å². The second kappa shape index (κ2) is 7.40. The molecule has 4 heteroatoms. The van der Waals surface area contributed by atoms with Crippen LogP contribution in [0, 0.1) is 3.57 Å². The normalized spacial score (nSPS) is 11.9. The first-order valence-corrected chi connectivity index (χ1v) is 7.48. The number of rotatable bonds is 5. The molecule has 0 aliphatic carbocycles. The van der Waals surface area contributed by atoms with Crippen LogP contribution in [0.15, 0.2) is 54.6 Å². The number of amides is 1. The maximum atomic E-state index is 12.2. The van der Waals surface area contributed by atoms with E-state index >= 15 is 0 Å². The van der Waals surface area contributed by atoms with Gasteiger partial charge >= 0.3 is 0 Å². The van der Waals surface area contributed by atoms with Crippen LogP contribution < -0.4 is 5.32 Å². The minimum Gasteiger partial charge on any atom is -0.394 e. The molecule has 0 saturated carbocycles. The van der Waals surface area contributed by atoms with Crippen molar-refractivity contribution in [2.45, 2.75) is 12.5 Å². The van der Waals surface area contributed by atoms with E-state index in [1.807, 2.05) is 48.5 Å². The van der Waals surface area contributed by atoms with Gasteiger partial charge in [-0.05, 0) is 46.7 Å². The largest absolute Gasteiger partial charge is 0.394 e. The van der Waals surface area contributed by atoms with E-state index in [2.05, 4.69) is 27.9 Å². The molecule has 0 radical (unpaired) electrons. The first kappa shape index (κ1) is 15.0. The molecule has 2 N–H and O–H groups in total. The van der Waals surface area contributed by atoms with Crippen LogP contribution in [0.5, 0.6) is 0 Å². The van der Waals surface area contributed by atoms with Crippen molar-refractivity contribution in [1.82, 2.24) is 5.32 Å². The summed E-state index contributed by atoms with van der Waals surface area (Å²) in [5, 5.41) is 12.3. The molecule has 0 bridgehead atoms. The van der Waals surface area contributed by atoms with Gasteiger partial charge in [-0.3, -0.25) is 4.79 Å². The Balaban J connectivity index is 2.03. The highest BCUT2D eigenvalue weighted by Crippen LogP contribution is 2.12. The number of aliphatic hydroxyl groups is 1. The van der Waals surface area contributed by atoms with E-state index < -0.39 is 0 Å². The Bertz CT molecular complexity index is 572. The molecule has 0 aliphatic rings. The minimum atomic E-state index is -0.277. The average Bonchev–Trinajstić information content (AvgIpc) is 2.48. The lowest BCUT2D eigenvalue weighted by Gasteiger charge is -2.17. The Hall–Kier alpha value is -1.40. The fraction of sp³-hybridized carbons (Fsp3) is 0.188. The molecule has 0 aromatic heterocycles. The van der Waals surface area contributed by atoms with Crippen LogP contribution in [-0.4, -0.2) is 23.7 Å². The maximum Gasteiger partial charge on any atom is 0.252 e. The van der Waals surface area contributed by atoms with Gasteiger partial charge in [0, 0.05) is 3.57 Å². The number of halogens is 1. The monoisotopic (exact) mass is 381 g/mol. The van der Waals surface area contributed by atoms with Crippen molar-refractivity contribution in [3.8, 4) is 0 Å². The van der Waals surface area contributed by atoms with Crippen LogP contribution in [-0.2, 0) is 6.42 Å². The van der Waals surface area contributed by atoms with E-state index in [1.54, 1.807) is 6.07 Å². The van der Waals surface area contributed by atoms with Crippen LogP contribution in [0.1, 0.15) is 15.9 Å². The highest BCUT2D eigenvalue weighted by Gasteiger charge is 2.15. The van der Waals surface area contributed by atoms with Crippen molar-refractivity contribution in [1.29, 1.82) is 0 Å². The molecular formula is C16H16INO2. The summed E-state index contributed by atoms with van der Waals surface area (Å²) < 4.78 is 0.902. The van der Waals surface area contributed by atoms with E-state index in [0.29, 0.717) is 12.0 Å². The Morgan fingerprint density at radius 3 is 2.40 bits per heavy atom. The lowest BCUT2D eigenvalue weighted by Crippen LogP contribution is -2.39. The predicted octanol–water partition coefficient (Wildman–Crippen LogP) is 2.62. The summed E-state index contributed by atoms with van der Waals surface area (Å²) in [4.78, 5) is 12.2. The van der Waals surface area contributed by atoms with E-state index in [9.17, 15) is 9.90 Å². The molecule has 0 heterocycles. The van der Waals surface area contributed by atoms with Gasteiger partial charge in [0.25, 0.3) is 5.91 Å². The van der Waals surface area contributed by atoms with Crippen molar-refractivity contribution in [3.63, 3.8) is 0 Å². The third kappa shape index (κ3) is 4.05. The molecule has 104 valence electrons. The Morgan fingerprint density at radius 1 is 1.10 bits per heavy atom. The topological polar surface area (TPSA) is 49.3 Å². The summed E-state index contributed by atoms with van der Waals surface area (Å²) in [6.45, 7) is -0.0793. The van der Waals surface area contributed by atoms with Crippen LogP contribution in [0.3, 0.4) is 0 Å². The van der Waals surface area contributed by atoms with Crippen molar-refractivity contribution >= 4 is 28.5 Å². The number of aliphatic hydroxyl groups excluding tert-OH is 1. The fourth-order valence-corrected chi connectivity index (χ4v) is 2.60. The molecular weight excluding hydrogens is 365 g/mol. The second-order valence-electron chi connectivity index (χ2n) is 4.52. The summed E-state index contributed by atoms with van der Waals surface area (Å²) >= 11 is 2.13. The summed E-state index contributed by atoms with van der Waals surface area (Å²) in [5.41, 5.74) is 1.73. The lowest BCUT2D eigenvalue weighted by atomic mass is 10.1. The average molecular weight is 381 g/mol. The number of carbonyl (C=O) groups excluding carboxylic acids is 1. The highest BCUT2D eigenvalue weighted by molar-refractivity contribution is 14.1. The minimum absolute atomic E-state index is 0.0793. The van der Waals surface area contributed by atoms with Crippen LogP contribution in [0.2, 0.25) is 0 Å². The number of hydrogen-bond acceptors (Lipinski definition) is 2. The first-order chi connectivity index (χ1) is 9.70. The summed E-state index contributed by atoms with van der Waals surface area (Å²) in [6.07, 6.45) is 0.618. The van der Waals surface area contributed by atoms with Crippen LogP contribution >= 0.6 is 22.6 Å². The smallest absolute Gasteiger partial charge is 0.252 e. The van der Waals surface area contributed by atoms with Crippen molar-refractivity contribution in [2.75, 3.05) is 6.61 Å². The molecule has 2 aromatic rings. The molecule has 20 heavy (non-hydrogen) atoms. The standard InChI is InChI=1S/C16H16INO2/c17-15-9-5-4-8-14(15)16(20)18-13(11-19)10-12-6-2-1-3-7-12/h1-9,13,19H,10-11H2,(H,18,20)/t13-/m0/s1. The van der Waals surface area contributed by atoms with Gasteiger partial charge in [0.05, 0.1) is 18.2 Å². The molecule has 0 fully saturated rings. The zero-order valence-electron chi connectivity index (χ0n) is 10.9. The van der Waals surface area contributed by atoms with Crippen LogP contribution in [0.4, 0.5) is 0 Å². The summed E-state index contributed by atoms with van der Waals surface area (Å²) in [7, 11) is 0. The van der Waals surface area contributed by atoms with Gasteiger partial charge in [-0.2, -0.15) is 0 Å². The Labute approximate surface area is 132 Å². The van der Waals surface area contributed by atoms with Crippen molar-refractivity contribution in [3.05, 3.63) is 69.3 Å². The summed E-state index contributed by atoms with van der Waals surface area (Å²) in [6, 6.07) is 17.0. The molecule has 1 atom stereocenters. The number of benzene rings is 2. The maximum absolute atomic E-state index is 12.2.